The molecule has 0 bridgehead atoms. The van der Waals surface area contributed by atoms with Gasteiger partial charge in [-0.1, -0.05) is 6.08 Å². The Balaban J connectivity index is 2.13. The van der Waals surface area contributed by atoms with E-state index in [2.05, 4.69) is 12.3 Å². The van der Waals surface area contributed by atoms with E-state index in [1.54, 1.807) is 0 Å². The molecule has 2 fully saturated rings. The third kappa shape index (κ3) is 0.711. The summed E-state index contributed by atoms with van der Waals surface area (Å²) in [5.41, 5.74) is -0.192. The second-order valence-corrected chi connectivity index (χ2v) is 5.56. The Morgan fingerprint density at radius 2 is 2.46 bits per heavy atom. The Kier molecular flexibility index (Phi) is 1.30. The number of hydrogen-bond acceptors (Lipinski definition) is 3. The average molecular weight is 196 g/mol. The number of rotatable bonds is 0. The van der Waals surface area contributed by atoms with Gasteiger partial charge in [0, 0.05) is 0 Å². The Morgan fingerprint density at radius 3 is 3.31 bits per heavy atom. The molecule has 0 aromatic rings. The van der Waals surface area contributed by atoms with E-state index in [9.17, 15) is 4.79 Å². The normalized spacial score (nSPS) is 52.1. The Bertz CT molecular complexity index is 312. The van der Waals surface area contributed by atoms with Crippen LogP contribution in [0.4, 0.5) is 0 Å². The largest absolute Gasteiger partial charge is 0.457 e. The van der Waals surface area contributed by atoms with Crippen LogP contribution in [0.2, 0.25) is 0 Å². The molecule has 3 atom stereocenters. The highest BCUT2D eigenvalue weighted by Gasteiger charge is 2.67. The van der Waals surface area contributed by atoms with Crippen LogP contribution < -0.4 is 0 Å². The summed E-state index contributed by atoms with van der Waals surface area (Å²) in [6, 6.07) is 0. The number of esters is 1. The van der Waals surface area contributed by atoms with E-state index in [4.69, 9.17) is 4.74 Å². The van der Waals surface area contributed by atoms with Gasteiger partial charge in [0.15, 0.2) is 0 Å². The quantitative estimate of drug-likeness (QED) is 0.555. The molecule has 1 spiro atoms. The minimum atomic E-state index is -0.192. The molecule has 3 aliphatic rings. The maximum Gasteiger partial charge on any atom is 0.315 e. The maximum atomic E-state index is 11.6. The van der Waals surface area contributed by atoms with E-state index in [1.807, 2.05) is 17.8 Å². The Labute approximate surface area is 81.7 Å². The molecule has 1 saturated carbocycles. The van der Waals surface area contributed by atoms with Crippen LogP contribution in [-0.2, 0) is 9.53 Å². The van der Waals surface area contributed by atoms with Crippen LogP contribution in [0.5, 0.6) is 0 Å². The van der Waals surface area contributed by atoms with E-state index in [-0.39, 0.29) is 22.2 Å². The third-order valence-electron chi connectivity index (χ3n) is 3.73. The molecule has 70 valence electrons. The standard InChI is InChI=1S/C10H12O2S/c1-9-4-2-5-10(9)7(3-6-13-10)8(11)12-9/h3,6-7H,2,4-5H2,1H3/t7-,9+,10-/m0/s1. The molecule has 13 heavy (non-hydrogen) atoms. The fourth-order valence-electron chi connectivity index (χ4n) is 2.99. The summed E-state index contributed by atoms with van der Waals surface area (Å²) in [5, 5.41) is 2.08. The van der Waals surface area contributed by atoms with Gasteiger partial charge >= 0.3 is 5.97 Å². The molecule has 0 amide bonds. The van der Waals surface area contributed by atoms with Crippen LogP contribution in [0.3, 0.4) is 0 Å². The van der Waals surface area contributed by atoms with Gasteiger partial charge in [-0.25, -0.2) is 0 Å². The van der Waals surface area contributed by atoms with Gasteiger partial charge in [-0.15, -0.1) is 11.8 Å². The first-order chi connectivity index (χ1) is 6.18. The van der Waals surface area contributed by atoms with Crippen molar-refractivity contribution in [3.8, 4) is 0 Å². The van der Waals surface area contributed by atoms with Gasteiger partial charge in [0.1, 0.15) is 5.60 Å². The Morgan fingerprint density at radius 1 is 1.62 bits per heavy atom. The lowest BCUT2D eigenvalue weighted by Crippen LogP contribution is -2.42. The van der Waals surface area contributed by atoms with Crippen molar-refractivity contribution in [2.75, 3.05) is 0 Å². The summed E-state index contributed by atoms with van der Waals surface area (Å²) >= 11 is 1.81. The third-order valence-corrected chi connectivity index (χ3v) is 5.33. The topological polar surface area (TPSA) is 26.3 Å². The predicted molar refractivity (Wildman–Crippen MR) is 51.3 cm³/mol. The van der Waals surface area contributed by atoms with Gasteiger partial charge < -0.3 is 4.74 Å². The summed E-state index contributed by atoms with van der Waals surface area (Å²) in [4.78, 5) is 11.6. The van der Waals surface area contributed by atoms with Crippen molar-refractivity contribution in [3.63, 3.8) is 0 Å². The van der Waals surface area contributed by atoms with E-state index in [0.717, 1.165) is 12.8 Å². The van der Waals surface area contributed by atoms with Gasteiger partial charge in [0.25, 0.3) is 0 Å². The first-order valence-corrected chi connectivity index (χ1v) is 5.63. The highest BCUT2D eigenvalue weighted by Crippen LogP contribution is 2.62. The van der Waals surface area contributed by atoms with Crippen LogP contribution in [-0.4, -0.2) is 16.3 Å². The van der Waals surface area contributed by atoms with Gasteiger partial charge in [-0.2, -0.15) is 0 Å². The smallest absolute Gasteiger partial charge is 0.315 e. The molecule has 0 radical (unpaired) electrons. The number of carbonyl (C=O) groups excluding carboxylic acids is 1. The molecule has 1 aliphatic carbocycles. The summed E-state index contributed by atoms with van der Waals surface area (Å²) in [6.45, 7) is 2.10. The fraction of sp³-hybridized carbons (Fsp3) is 0.700. The van der Waals surface area contributed by atoms with Crippen molar-refractivity contribution < 1.29 is 9.53 Å². The Hall–Kier alpha value is -0.440. The minimum Gasteiger partial charge on any atom is -0.457 e. The zero-order chi connectivity index (χ0) is 9.10. The van der Waals surface area contributed by atoms with Crippen molar-refractivity contribution in [3.05, 3.63) is 11.5 Å². The van der Waals surface area contributed by atoms with E-state index < -0.39 is 0 Å². The first-order valence-electron chi connectivity index (χ1n) is 4.75. The van der Waals surface area contributed by atoms with Gasteiger partial charge in [0.05, 0.1) is 10.7 Å². The molecule has 1 saturated heterocycles. The van der Waals surface area contributed by atoms with Crippen LogP contribution in [0.15, 0.2) is 11.5 Å². The average Bonchev–Trinajstić information content (AvgIpc) is 2.63. The van der Waals surface area contributed by atoms with Crippen LogP contribution >= 0.6 is 11.8 Å². The molecule has 2 heterocycles. The number of carbonyl (C=O) groups is 1. The second kappa shape index (κ2) is 2.14. The van der Waals surface area contributed by atoms with E-state index in [0.29, 0.717) is 0 Å². The molecular weight excluding hydrogens is 184 g/mol. The molecule has 2 aliphatic heterocycles. The molecule has 0 aromatic heterocycles. The molecule has 0 aromatic carbocycles. The molecule has 3 rings (SSSR count). The van der Waals surface area contributed by atoms with E-state index >= 15 is 0 Å². The van der Waals surface area contributed by atoms with Gasteiger partial charge in [-0.05, 0) is 31.6 Å². The molecular formula is C10H12O2S. The lowest BCUT2D eigenvalue weighted by atomic mass is 9.84. The summed E-state index contributed by atoms with van der Waals surface area (Å²) < 4.78 is 5.58. The highest BCUT2D eigenvalue weighted by molar-refractivity contribution is 8.03. The van der Waals surface area contributed by atoms with Crippen molar-refractivity contribution in [1.82, 2.24) is 0 Å². The van der Waals surface area contributed by atoms with Crippen LogP contribution in [0.25, 0.3) is 0 Å². The molecule has 0 N–H and O–H groups in total. The van der Waals surface area contributed by atoms with Crippen LogP contribution in [0, 0.1) is 5.92 Å². The first kappa shape index (κ1) is 7.92. The SMILES string of the molecule is C[C@@]12CCC[C@@]13SC=C[C@H]3C(=O)O2. The summed E-state index contributed by atoms with van der Waals surface area (Å²) in [5.74, 6) is 0.0217. The zero-order valence-electron chi connectivity index (χ0n) is 7.58. The lowest BCUT2D eigenvalue weighted by Gasteiger charge is -2.33. The zero-order valence-corrected chi connectivity index (χ0v) is 8.39. The summed E-state index contributed by atoms with van der Waals surface area (Å²) in [6.07, 6.45) is 5.36. The predicted octanol–water partition coefficient (Wildman–Crippen LogP) is 2.10. The minimum absolute atomic E-state index is 0.0107. The lowest BCUT2D eigenvalue weighted by molar-refractivity contribution is -0.148. The van der Waals surface area contributed by atoms with Crippen molar-refractivity contribution in [1.29, 1.82) is 0 Å². The summed E-state index contributed by atoms with van der Waals surface area (Å²) in [7, 11) is 0. The maximum absolute atomic E-state index is 11.6. The molecule has 0 unspecified atom stereocenters. The van der Waals surface area contributed by atoms with Crippen molar-refractivity contribution in [2.24, 2.45) is 5.92 Å². The monoisotopic (exact) mass is 196 g/mol. The van der Waals surface area contributed by atoms with Gasteiger partial charge in [-0.3, -0.25) is 4.79 Å². The fourth-order valence-corrected chi connectivity index (χ4v) is 4.45. The van der Waals surface area contributed by atoms with Crippen LogP contribution in [0.1, 0.15) is 26.2 Å². The van der Waals surface area contributed by atoms with Crippen molar-refractivity contribution in [2.45, 2.75) is 36.5 Å². The molecule has 3 heteroatoms. The number of hydrogen-bond donors (Lipinski definition) is 0. The number of thioether (sulfide) groups is 1. The molecule has 2 nitrogen and oxygen atoms in total. The highest BCUT2D eigenvalue weighted by atomic mass is 32.2. The van der Waals surface area contributed by atoms with E-state index in [1.165, 1.54) is 6.42 Å². The van der Waals surface area contributed by atoms with Gasteiger partial charge in [0.2, 0.25) is 0 Å². The number of ether oxygens (including phenoxy) is 1. The second-order valence-electron chi connectivity index (χ2n) is 4.32. The van der Waals surface area contributed by atoms with Crippen molar-refractivity contribution >= 4 is 17.7 Å².